The van der Waals surface area contributed by atoms with E-state index in [4.69, 9.17) is 42.5 Å². The van der Waals surface area contributed by atoms with Crippen molar-refractivity contribution in [1.29, 1.82) is 0 Å². The smallest absolute Gasteiger partial charge is 0.255 e. The highest BCUT2D eigenvalue weighted by atomic mass is 35.5. The van der Waals surface area contributed by atoms with Crippen molar-refractivity contribution in [3.8, 4) is 5.75 Å². The minimum atomic E-state index is -0.351. The van der Waals surface area contributed by atoms with Gasteiger partial charge in [0.1, 0.15) is 11.9 Å². The number of carbonyl (C=O) groups is 1. The Balaban J connectivity index is 2.14. The van der Waals surface area contributed by atoms with Crippen LogP contribution in [0.1, 0.15) is 16.8 Å². The molecule has 23 heavy (non-hydrogen) atoms. The SMILES string of the molecule is COc1c(Cl)cc(Cl)cc1C(=O)N[C@@H]1CCOC[C@H]1OCCO. The Labute approximate surface area is 144 Å². The number of methoxy groups -OCH3 is 1. The normalized spacial score (nSPS) is 21.0. The van der Waals surface area contributed by atoms with Gasteiger partial charge in [0.15, 0.2) is 0 Å². The molecule has 1 aliphatic heterocycles. The zero-order chi connectivity index (χ0) is 16.8. The Morgan fingerprint density at radius 1 is 1.48 bits per heavy atom. The second kappa shape index (κ2) is 8.70. The summed E-state index contributed by atoms with van der Waals surface area (Å²) in [6, 6.07) is 2.79. The van der Waals surface area contributed by atoms with Crippen molar-refractivity contribution in [3.63, 3.8) is 0 Å². The summed E-state index contributed by atoms with van der Waals surface area (Å²) >= 11 is 12.0. The number of halogens is 2. The van der Waals surface area contributed by atoms with Crippen molar-refractivity contribution in [2.75, 3.05) is 33.5 Å². The molecule has 2 N–H and O–H groups in total. The van der Waals surface area contributed by atoms with Gasteiger partial charge < -0.3 is 24.6 Å². The first-order chi connectivity index (χ1) is 11.1. The third-order valence-electron chi connectivity index (χ3n) is 3.50. The molecule has 0 radical (unpaired) electrons. The van der Waals surface area contributed by atoms with Crippen molar-refractivity contribution < 1.29 is 24.1 Å². The zero-order valence-corrected chi connectivity index (χ0v) is 14.2. The minimum Gasteiger partial charge on any atom is -0.494 e. The van der Waals surface area contributed by atoms with E-state index in [0.717, 1.165) is 0 Å². The molecule has 2 rings (SSSR count). The Kier molecular flexibility index (Phi) is 6.92. The molecule has 1 saturated heterocycles. The van der Waals surface area contributed by atoms with Gasteiger partial charge in [0.05, 0.1) is 43.6 Å². The maximum absolute atomic E-state index is 12.6. The van der Waals surface area contributed by atoms with E-state index in [2.05, 4.69) is 5.32 Å². The van der Waals surface area contributed by atoms with Crippen molar-refractivity contribution in [2.24, 2.45) is 0 Å². The summed E-state index contributed by atoms with van der Waals surface area (Å²) in [6.45, 7) is 0.983. The molecule has 1 aliphatic rings. The number of hydrogen-bond acceptors (Lipinski definition) is 5. The molecule has 0 aromatic heterocycles. The molecule has 0 unspecified atom stereocenters. The molecule has 1 aromatic rings. The molecule has 0 spiro atoms. The number of hydrogen-bond donors (Lipinski definition) is 2. The van der Waals surface area contributed by atoms with Crippen LogP contribution in [0.2, 0.25) is 10.0 Å². The van der Waals surface area contributed by atoms with Crippen LogP contribution >= 0.6 is 23.2 Å². The third-order valence-corrected chi connectivity index (χ3v) is 4.00. The number of carbonyl (C=O) groups excluding carboxylic acids is 1. The summed E-state index contributed by atoms with van der Waals surface area (Å²) in [6.07, 6.45) is 0.291. The highest BCUT2D eigenvalue weighted by molar-refractivity contribution is 6.36. The average Bonchev–Trinajstić information content (AvgIpc) is 2.53. The van der Waals surface area contributed by atoms with Crippen LogP contribution in [0.3, 0.4) is 0 Å². The topological polar surface area (TPSA) is 77.0 Å². The predicted octanol–water partition coefficient (Wildman–Crippen LogP) is 1.90. The first-order valence-corrected chi connectivity index (χ1v) is 7.96. The average molecular weight is 364 g/mol. The summed E-state index contributed by atoms with van der Waals surface area (Å²) < 4.78 is 16.1. The molecule has 0 bridgehead atoms. The van der Waals surface area contributed by atoms with Gasteiger partial charge in [0.2, 0.25) is 0 Å². The van der Waals surface area contributed by atoms with Crippen LogP contribution < -0.4 is 10.1 Å². The van der Waals surface area contributed by atoms with Crippen LogP contribution in [0, 0.1) is 0 Å². The van der Waals surface area contributed by atoms with Crippen molar-refractivity contribution in [3.05, 3.63) is 27.7 Å². The fourth-order valence-electron chi connectivity index (χ4n) is 2.43. The van der Waals surface area contributed by atoms with Gasteiger partial charge in [-0.15, -0.1) is 0 Å². The molecule has 1 heterocycles. The lowest BCUT2D eigenvalue weighted by Gasteiger charge is -2.32. The number of benzene rings is 1. The van der Waals surface area contributed by atoms with Crippen LogP contribution in [0.15, 0.2) is 12.1 Å². The van der Waals surface area contributed by atoms with Crippen LogP contribution in [-0.4, -0.2) is 56.7 Å². The van der Waals surface area contributed by atoms with Crippen LogP contribution in [-0.2, 0) is 9.47 Å². The third kappa shape index (κ3) is 4.71. The predicted molar refractivity (Wildman–Crippen MR) is 86.5 cm³/mol. The van der Waals surface area contributed by atoms with Gasteiger partial charge >= 0.3 is 0 Å². The number of amides is 1. The number of aliphatic hydroxyl groups excluding tert-OH is 1. The van der Waals surface area contributed by atoms with E-state index in [1.54, 1.807) is 0 Å². The van der Waals surface area contributed by atoms with Gasteiger partial charge in [-0.25, -0.2) is 0 Å². The lowest BCUT2D eigenvalue weighted by Crippen LogP contribution is -2.50. The van der Waals surface area contributed by atoms with Crippen LogP contribution in [0.5, 0.6) is 5.75 Å². The molecule has 0 aliphatic carbocycles. The van der Waals surface area contributed by atoms with E-state index >= 15 is 0 Å². The van der Waals surface area contributed by atoms with Gasteiger partial charge in [-0.1, -0.05) is 23.2 Å². The maximum Gasteiger partial charge on any atom is 0.255 e. The maximum atomic E-state index is 12.6. The van der Waals surface area contributed by atoms with Crippen molar-refractivity contribution in [1.82, 2.24) is 5.32 Å². The van der Waals surface area contributed by atoms with E-state index in [1.165, 1.54) is 19.2 Å². The molecule has 1 fully saturated rings. The van der Waals surface area contributed by atoms with E-state index in [0.29, 0.717) is 24.7 Å². The van der Waals surface area contributed by atoms with Gasteiger partial charge in [-0.2, -0.15) is 0 Å². The fraction of sp³-hybridized carbons (Fsp3) is 0.533. The van der Waals surface area contributed by atoms with Crippen LogP contribution in [0.4, 0.5) is 0 Å². The summed E-state index contributed by atoms with van der Waals surface area (Å²) in [5.41, 5.74) is 0.261. The number of aliphatic hydroxyl groups is 1. The summed E-state index contributed by atoms with van der Waals surface area (Å²) in [5, 5.41) is 12.4. The Morgan fingerprint density at radius 3 is 2.96 bits per heavy atom. The molecule has 0 saturated carbocycles. The minimum absolute atomic E-state index is 0.0884. The van der Waals surface area contributed by atoms with Crippen LogP contribution in [0.25, 0.3) is 0 Å². The van der Waals surface area contributed by atoms with E-state index in [9.17, 15) is 4.79 Å². The standard InChI is InChI=1S/C15H19Cl2NO5/c1-21-14-10(6-9(16)7-11(14)17)15(20)18-12-2-4-22-8-13(12)23-5-3-19/h6-7,12-13,19H,2-5,8H2,1H3,(H,18,20)/t12-,13-/m1/s1. The summed E-state index contributed by atoms with van der Waals surface area (Å²) in [5.74, 6) is -0.0794. The number of rotatable bonds is 6. The Morgan fingerprint density at radius 2 is 2.26 bits per heavy atom. The largest absolute Gasteiger partial charge is 0.494 e. The highest BCUT2D eigenvalue weighted by Gasteiger charge is 2.29. The van der Waals surface area contributed by atoms with Crippen molar-refractivity contribution >= 4 is 29.1 Å². The molecule has 1 amide bonds. The lowest BCUT2D eigenvalue weighted by atomic mass is 10.0. The van der Waals surface area contributed by atoms with E-state index in [1.807, 2.05) is 0 Å². The molecule has 8 heteroatoms. The second-order valence-corrected chi connectivity index (χ2v) is 5.89. The quantitative estimate of drug-likeness (QED) is 0.806. The first-order valence-electron chi connectivity index (χ1n) is 7.21. The molecule has 6 nitrogen and oxygen atoms in total. The Hall–Kier alpha value is -1.05. The fourth-order valence-corrected chi connectivity index (χ4v) is 3.00. The zero-order valence-electron chi connectivity index (χ0n) is 12.7. The van der Waals surface area contributed by atoms with E-state index < -0.39 is 0 Å². The molecular formula is C15H19Cl2NO5. The van der Waals surface area contributed by atoms with Crippen molar-refractivity contribution in [2.45, 2.75) is 18.6 Å². The van der Waals surface area contributed by atoms with Gasteiger partial charge in [-0.05, 0) is 18.6 Å². The lowest BCUT2D eigenvalue weighted by molar-refractivity contribution is -0.0737. The van der Waals surface area contributed by atoms with Gasteiger partial charge in [0, 0.05) is 11.6 Å². The molecule has 2 atom stereocenters. The van der Waals surface area contributed by atoms with Gasteiger partial charge in [-0.3, -0.25) is 4.79 Å². The number of nitrogens with one attached hydrogen (secondary N) is 1. The Bertz CT molecular complexity index is 555. The molecule has 1 aromatic carbocycles. The number of ether oxygens (including phenoxy) is 3. The summed E-state index contributed by atoms with van der Waals surface area (Å²) in [4.78, 5) is 12.6. The monoisotopic (exact) mass is 363 g/mol. The highest BCUT2D eigenvalue weighted by Crippen LogP contribution is 2.32. The second-order valence-electron chi connectivity index (χ2n) is 5.04. The van der Waals surface area contributed by atoms with E-state index in [-0.39, 0.29) is 47.6 Å². The summed E-state index contributed by atoms with van der Waals surface area (Å²) in [7, 11) is 1.44. The molecular weight excluding hydrogens is 345 g/mol. The first kappa shape index (κ1) is 18.3. The molecule has 128 valence electrons. The van der Waals surface area contributed by atoms with Gasteiger partial charge in [0.25, 0.3) is 5.91 Å².